The van der Waals surface area contributed by atoms with Gasteiger partial charge in [-0.2, -0.15) is 0 Å². The number of nitrogens with one attached hydrogen (secondary N) is 1. The van der Waals surface area contributed by atoms with E-state index in [0.717, 1.165) is 18.4 Å². The highest BCUT2D eigenvalue weighted by Crippen LogP contribution is 2.30. The maximum absolute atomic E-state index is 12.2. The highest BCUT2D eigenvalue weighted by Gasteiger charge is 2.22. The molecule has 3 nitrogen and oxygen atoms in total. The van der Waals surface area contributed by atoms with Gasteiger partial charge in [-0.3, -0.25) is 4.79 Å². The van der Waals surface area contributed by atoms with Crippen LogP contribution in [0.3, 0.4) is 0 Å². The summed E-state index contributed by atoms with van der Waals surface area (Å²) in [4.78, 5) is 13.5. The zero-order valence-corrected chi connectivity index (χ0v) is 11.9. The topological polar surface area (TPSA) is 49.3 Å². The van der Waals surface area contributed by atoms with Gasteiger partial charge < -0.3 is 10.4 Å². The zero-order valence-electron chi connectivity index (χ0n) is 11.1. The van der Waals surface area contributed by atoms with Crippen LogP contribution in [0.1, 0.15) is 47.5 Å². The molecule has 1 amide bonds. The second-order valence-electron chi connectivity index (χ2n) is 5.76. The lowest BCUT2D eigenvalue weighted by Gasteiger charge is -2.22. The molecule has 0 spiro atoms. The van der Waals surface area contributed by atoms with E-state index in [1.54, 1.807) is 11.3 Å². The van der Waals surface area contributed by atoms with Crippen molar-refractivity contribution in [3.05, 3.63) is 21.4 Å². The minimum Gasteiger partial charge on any atom is -0.396 e. The Morgan fingerprint density at radius 3 is 2.89 bits per heavy atom. The number of carbonyl (C=O) groups is 1. The monoisotopic (exact) mass is 267 g/mol. The van der Waals surface area contributed by atoms with E-state index < -0.39 is 0 Å². The van der Waals surface area contributed by atoms with E-state index in [0.29, 0.717) is 6.54 Å². The molecule has 1 aromatic heterocycles. The summed E-state index contributed by atoms with van der Waals surface area (Å²) >= 11 is 1.71. The second kappa shape index (κ2) is 5.41. The lowest BCUT2D eigenvalue weighted by Crippen LogP contribution is -2.36. The van der Waals surface area contributed by atoms with Crippen LogP contribution in [-0.4, -0.2) is 24.2 Å². The van der Waals surface area contributed by atoms with E-state index in [1.807, 2.05) is 19.2 Å². The first-order valence-electron chi connectivity index (χ1n) is 6.52. The van der Waals surface area contributed by atoms with Crippen molar-refractivity contribution in [2.45, 2.75) is 39.5 Å². The van der Waals surface area contributed by atoms with Gasteiger partial charge in [-0.05, 0) is 31.2 Å². The highest BCUT2D eigenvalue weighted by atomic mass is 32.1. The Bertz CT molecular complexity index is 437. The number of amides is 1. The molecule has 1 aromatic rings. The molecule has 100 valence electrons. The Balaban J connectivity index is 2.03. The first-order valence-corrected chi connectivity index (χ1v) is 7.40. The van der Waals surface area contributed by atoms with Crippen LogP contribution in [0.15, 0.2) is 5.38 Å². The second-order valence-corrected chi connectivity index (χ2v) is 6.73. The molecule has 4 heteroatoms. The molecule has 0 bridgehead atoms. The molecule has 0 radical (unpaired) electrons. The third kappa shape index (κ3) is 2.93. The van der Waals surface area contributed by atoms with Crippen LogP contribution in [0.5, 0.6) is 0 Å². The number of rotatable bonds is 4. The maximum atomic E-state index is 12.2. The third-order valence-electron chi connectivity index (χ3n) is 3.46. The van der Waals surface area contributed by atoms with Crippen molar-refractivity contribution < 1.29 is 9.90 Å². The molecule has 0 atom stereocenters. The summed E-state index contributed by atoms with van der Waals surface area (Å²) in [5.74, 6) is 0.0101. The lowest BCUT2D eigenvalue weighted by atomic mass is 9.93. The van der Waals surface area contributed by atoms with Crippen molar-refractivity contribution in [2.75, 3.05) is 13.2 Å². The SMILES string of the molecule is CC(C)(CO)CNC(=O)c1csc2c1CCCC2. The van der Waals surface area contributed by atoms with Gasteiger partial charge in [-0.1, -0.05) is 13.8 Å². The van der Waals surface area contributed by atoms with Gasteiger partial charge in [0.15, 0.2) is 0 Å². The van der Waals surface area contributed by atoms with Gasteiger partial charge >= 0.3 is 0 Å². The predicted molar refractivity (Wildman–Crippen MR) is 74.2 cm³/mol. The van der Waals surface area contributed by atoms with Gasteiger partial charge in [0.1, 0.15) is 0 Å². The molecule has 2 N–H and O–H groups in total. The number of hydrogen-bond donors (Lipinski definition) is 2. The number of carbonyl (C=O) groups excluding carboxylic acids is 1. The van der Waals surface area contributed by atoms with Gasteiger partial charge in [-0.15, -0.1) is 11.3 Å². The van der Waals surface area contributed by atoms with E-state index in [2.05, 4.69) is 5.32 Å². The Kier molecular flexibility index (Phi) is 4.07. The number of thiophene rings is 1. The van der Waals surface area contributed by atoms with Crippen LogP contribution in [0.4, 0.5) is 0 Å². The van der Waals surface area contributed by atoms with Crippen molar-refractivity contribution in [3.63, 3.8) is 0 Å². The van der Waals surface area contributed by atoms with Crippen LogP contribution in [0.25, 0.3) is 0 Å². The summed E-state index contributed by atoms with van der Waals surface area (Å²) in [7, 11) is 0. The Hall–Kier alpha value is -0.870. The number of fused-ring (bicyclic) bond motifs is 1. The van der Waals surface area contributed by atoms with Crippen molar-refractivity contribution >= 4 is 17.2 Å². The smallest absolute Gasteiger partial charge is 0.252 e. The fraction of sp³-hybridized carbons (Fsp3) is 0.643. The molecule has 0 aliphatic heterocycles. The third-order valence-corrected chi connectivity index (χ3v) is 4.55. The number of aryl methyl sites for hydroxylation is 1. The molecule has 1 heterocycles. The first kappa shape index (κ1) is 13.6. The van der Waals surface area contributed by atoms with Crippen molar-refractivity contribution in [1.29, 1.82) is 0 Å². The molecule has 18 heavy (non-hydrogen) atoms. The molecule has 2 rings (SSSR count). The van der Waals surface area contributed by atoms with Crippen LogP contribution >= 0.6 is 11.3 Å². The summed E-state index contributed by atoms with van der Waals surface area (Å²) < 4.78 is 0. The minimum absolute atomic E-state index is 0.0101. The maximum Gasteiger partial charge on any atom is 0.252 e. The molecule has 0 unspecified atom stereocenters. The van der Waals surface area contributed by atoms with Crippen molar-refractivity contribution in [2.24, 2.45) is 5.41 Å². The average Bonchev–Trinajstić information content (AvgIpc) is 2.80. The Morgan fingerprint density at radius 2 is 2.17 bits per heavy atom. The molecular weight excluding hydrogens is 246 g/mol. The Morgan fingerprint density at radius 1 is 1.44 bits per heavy atom. The van der Waals surface area contributed by atoms with E-state index in [1.165, 1.54) is 23.3 Å². The Labute approximate surface area is 112 Å². The summed E-state index contributed by atoms with van der Waals surface area (Å²) in [6.07, 6.45) is 4.58. The van der Waals surface area contributed by atoms with E-state index in [9.17, 15) is 9.90 Å². The number of aliphatic hydroxyl groups excluding tert-OH is 1. The van der Waals surface area contributed by atoms with Gasteiger partial charge in [0.05, 0.1) is 5.56 Å². The molecular formula is C14H21NO2S. The van der Waals surface area contributed by atoms with E-state index >= 15 is 0 Å². The predicted octanol–water partition coefficient (Wildman–Crippen LogP) is 2.38. The summed E-state index contributed by atoms with van der Waals surface area (Å²) in [6, 6.07) is 0. The van der Waals surface area contributed by atoms with Crippen LogP contribution < -0.4 is 5.32 Å². The summed E-state index contributed by atoms with van der Waals surface area (Å²) in [5, 5.41) is 14.1. The molecule has 1 aliphatic rings. The van der Waals surface area contributed by atoms with E-state index in [4.69, 9.17) is 0 Å². The average molecular weight is 267 g/mol. The molecule has 0 saturated heterocycles. The van der Waals surface area contributed by atoms with Crippen molar-refractivity contribution in [1.82, 2.24) is 5.32 Å². The molecule has 0 fully saturated rings. The first-order chi connectivity index (χ1) is 8.53. The van der Waals surface area contributed by atoms with Crippen molar-refractivity contribution in [3.8, 4) is 0 Å². The minimum atomic E-state index is -0.258. The number of hydrogen-bond acceptors (Lipinski definition) is 3. The van der Waals surface area contributed by atoms with Crippen LogP contribution in [-0.2, 0) is 12.8 Å². The van der Waals surface area contributed by atoms with Crippen LogP contribution in [0.2, 0.25) is 0 Å². The quantitative estimate of drug-likeness (QED) is 0.880. The summed E-state index contributed by atoms with van der Waals surface area (Å²) in [6.45, 7) is 4.47. The molecule has 0 aromatic carbocycles. The van der Waals surface area contributed by atoms with Gasteiger partial charge in [0.25, 0.3) is 5.91 Å². The molecule has 1 aliphatic carbocycles. The fourth-order valence-electron chi connectivity index (χ4n) is 2.15. The van der Waals surface area contributed by atoms with Gasteiger partial charge in [0, 0.05) is 28.8 Å². The van der Waals surface area contributed by atoms with Crippen LogP contribution in [0, 0.1) is 5.41 Å². The zero-order chi connectivity index (χ0) is 13.2. The van der Waals surface area contributed by atoms with E-state index in [-0.39, 0.29) is 17.9 Å². The highest BCUT2D eigenvalue weighted by molar-refractivity contribution is 7.10. The van der Waals surface area contributed by atoms with Gasteiger partial charge in [0.2, 0.25) is 0 Å². The number of aliphatic hydroxyl groups is 1. The van der Waals surface area contributed by atoms with Gasteiger partial charge in [-0.25, -0.2) is 0 Å². The lowest BCUT2D eigenvalue weighted by molar-refractivity contribution is 0.0910. The molecule has 0 saturated carbocycles. The standard InChI is InChI=1S/C14H21NO2S/c1-14(2,9-16)8-15-13(17)11-7-18-12-6-4-3-5-10(11)12/h7,16H,3-6,8-9H2,1-2H3,(H,15,17). The normalized spacial score (nSPS) is 15.3. The fourth-order valence-corrected chi connectivity index (χ4v) is 3.28. The largest absolute Gasteiger partial charge is 0.396 e. The summed E-state index contributed by atoms with van der Waals surface area (Å²) in [5.41, 5.74) is 1.85.